The highest BCUT2D eigenvalue weighted by molar-refractivity contribution is 6.62. The smallest absolute Gasteiger partial charge is 0.459 e. The summed E-state index contributed by atoms with van der Waals surface area (Å²) in [4.78, 5) is 19.7. The number of oxazole rings is 1. The van der Waals surface area contributed by atoms with E-state index < -0.39 is 36.6 Å². The highest BCUT2D eigenvalue weighted by Crippen LogP contribution is 2.38. The monoisotopic (exact) mass is 598 g/mol. The zero-order chi connectivity index (χ0) is 31.3. The molecule has 1 atom stereocenters. The van der Waals surface area contributed by atoms with E-state index in [4.69, 9.17) is 28.2 Å². The molecular weight excluding hydrogens is 557 g/mol. The number of hydrogen-bond donors (Lipinski definition) is 0. The van der Waals surface area contributed by atoms with Crippen molar-refractivity contribution in [3.05, 3.63) is 41.5 Å². The first-order valence-electron chi connectivity index (χ1n) is 14.9. The van der Waals surface area contributed by atoms with Gasteiger partial charge in [-0.15, -0.1) is 0 Å². The molecule has 1 aromatic heterocycles. The number of carbonyl (C=O) groups is 1. The van der Waals surface area contributed by atoms with E-state index in [9.17, 15) is 13.6 Å². The lowest BCUT2D eigenvalue weighted by Crippen LogP contribution is -2.46. The molecule has 2 fully saturated rings. The van der Waals surface area contributed by atoms with Gasteiger partial charge < -0.3 is 23.2 Å². The molecule has 2 aromatic carbocycles. The first-order chi connectivity index (χ1) is 20.0. The number of aromatic nitrogens is 1. The molecule has 0 radical (unpaired) electrons. The van der Waals surface area contributed by atoms with Crippen LogP contribution in [-0.4, -0.2) is 59.0 Å². The molecule has 232 valence electrons. The minimum Gasteiger partial charge on any atom is -0.459 e. The van der Waals surface area contributed by atoms with Crippen LogP contribution >= 0.6 is 0 Å². The van der Waals surface area contributed by atoms with Crippen LogP contribution in [0.1, 0.15) is 78.9 Å². The fraction of sp³-hybridized carbons (Fsp3) is 0.562. The molecule has 0 saturated carbocycles. The third-order valence-corrected chi connectivity index (χ3v) is 8.57. The van der Waals surface area contributed by atoms with Gasteiger partial charge in [-0.1, -0.05) is 18.6 Å². The van der Waals surface area contributed by atoms with E-state index in [1.807, 2.05) is 78.5 Å². The molecule has 0 N–H and O–H groups in total. The second kappa shape index (κ2) is 11.5. The fourth-order valence-corrected chi connectivity index (χ4v) is 5.59. The molecule has 2 aliphatic heterocycles. The quantitative estimate of drug-likeness (QED) is 0.228. The lowest BCUT2D eigenvalue weighted by Gasteiger charge is -2.36. The second-order valence-corrected chi connectivity index (χ2v) is 13.4. The van der Waals surface area contributed by atoms with Crippen molar-refractivity contribution in [2.45, 2.75) is 111 Å². The standard InChI is InChI=1S/C32H41BF2N2O6/c1-19-21(12-11-13-22(19)33-42-31(5,6)32(7,8)43-33)27-36-23-16-20(25(40-29(34)35)17-26(23)39-27)18-37-15-10-9-14-24(37)28(38)41-30(2,3)4/h11-13,16-17,24,29H,9-10,14-15,18H2,1-8H3. The second-order valence-electron chi connectivity index (χ2n) is 13.4. The van der Waals surface area contributed by atoms with Gasteiger partial charge in [0.15, 0.2) is 5.58 Å². The summed E-state index contributed by atoms with van der Waals surface area (Å²) >= 11 is 0. The Kier molecular flexibility index (Phi) is 8.39. The maximum absolute atomic E-state index is 13.5. The zero-order valence-electron chi connectivity index (χ0n) is 26.3. The number of benzene rings is 2. The molecule has 2 aliphatic rings. The lowest BCUT2D eigenvalue weighted by atomic mass is 9.75. The molecule has 11 heteroatoms. The predicted molar refractivity (Wildman–Crippen MR) is 160 cm³/mol. The number of rotatable bonds is 7. The average molecular weight is 598 g/mol. The number of ether oxygens (including phenoxy) is 2. The summed E-state index contributed by atoms with van der Waals surface area (Å²) in [5, 5.41) is 0. The van der Waals surface area contributed by atoms with E-state index >= 15 is 0 Å². The van der Waals surface area contributed by atoms with E-state index in [2.05, 4.69) is 0 Å². The third-order valence-electron chi connectivity index (χ3n) is 8.57. The molecule has 3 aromatic rings. The molecule has 0 amide bonds. The van der Waals surface area contributed by atoms with Gasteiger partial charge in [-0.25, -0.2) is 4.98 Å². The van der Waals surface area contributed by atoms with E-state index in [0.717, 1.165) is 29.4 Å². The van der Waals surface area contributed by atoms with Gasteiger partial charge in [0, 0.05) is 23.7 Å². The van der Waals surface area contributed by atoms with Crippen LogP contribution in [0.25, 0.3) is 22.6 Å². The lowest BCUT2D eigenvalue weighted by molar-refractivity contribution is -0.163. The first-order valence-corrected chi connectivity index (χ1v) is 14.9. The van der Waals surface area contributed by atoms with Crippen molar-refractivity contribution in [3.8, 4) is 17.2 Å². The molecule has 1 unspecified atom stereocenters. The van der Waals surface area contributed by atoms with Gasteiger partial charge in [-0.3, -0.25) is 9.69 Å². The van der Waals surface area contributed by atoms with Crippen LogP contribution in [0.15, 0.2) is 34.7 Å². The topological polar surface area (TPSA) is 83.3 Å². The minimum atomic E-state index is -3.03. The number of fused-ring (bicyclic) bond motifs is 1. The Labute approximate surface area is 252 Å². The largest absolute Gasteiger partial charge is 0.495 e. The van der Waals surface area contributed by atoms with Gasteiger partial charge in [0.25, 0.3) is 0 Å². The number of piperidine rings is 1. The summed E-state index contributed by atoms with van der Waals surface area (Å²) < 4.78 is 56.3. The van der Waals surface area contributed by atoms with Crippen LogP contribution in [0.4, 0.5) is 8.78 Å². The normalized spacial score (nSPS) is 20.6. The summed E-state index contributed by atoms with van der Waals surface area (Å²) in [5.74, 6) is 0.0164. The van der Waals surface area contributed by atoms with E-state index in [1.54, 1.807) is 6.07 Å². The van der Waals surface area contributed by atoms with Crippen molar-refractivity contribution < 1.29 is 36.8 Å². The summed E-state index contributed by atoms with van der Waals surface area (Å²) in [5.41, 5.74) is 2.17. The Morgan fingerprint density at radius 2 is 1.84 bits per heavy atom. The molecule has 0 spiro atoms. The maximum Gasteiger partial charge on any atom is 0.495 e. The maximum atomic E-state index is 13.5. The number of esters is 1. The zero-order valence-corrected chi connectivity index (χ0v) is 26.3. The third kappa shape index (κ3) is 6.59. The van der Waals surface area contributed by atoms with Crippen molar-refractivity contribution in [1.29, 1.82) is 0 Å². The number of halogens is 2. The number of likely N-dealkylation sites (tertiary alicyclic amines) is 1. The molecule has 3 heterocycles. The number of alkyl halides is 2. The van der Waals surface area contributed by atoms with Gasteiger partial charge in [0.2, 0.25) is 5.89 Å². The predicted octanol–water partition coefficient (Wildman–Crippen LogP) is 6.40. The highest BCUT2D eigenvalue weighted by atomic mass is 19.3. The van der Waals surface area contributed by atoms with Crippen LogP contribution in [0.2, 0.25) is 0 Å². The Morgan fingerprint density at radius 3 is 2.49 bits per heavy atom. The van der Waals surface area contributed by atoms with E-state index in [-0.39, 0.29) is 18.3 Å². The highest BCUT2D eigenvalue weighted by Gasteiger charge is 2.52. The van der Waals surface area contributed by atoms with Crippen molar-refractivity contribution >= 4 is 29.7 Å². The van der Waals surface area contributed by atoms with E-state index in [1.165, 1.54) is 6.07 Å². The Bertz CT molecular complexity index is 1480. The van der Waals surface area contributed by atoms with Crippen LogP contribution in [0, 0.1) is 6.92 Å². The molecule has 0 aliphatic carbocycles. The molecule has 8 nitrogen and oxygen atoms in total. The Morgan fingerprint density at radius 1 is 1.14 bits per heavy atom. The summed E-state index contributed by atoms with van der Waals surface area (Å²) in [6, 6.07) is 8.42. The van der Waals surface area contributed by atoms with Crippen LogP contribution in [0.5, 0.6) is 5.75 Å². The van der Waals surface area contributed by atoms with Gasteiger partial charge in [-0.2, -0.15) is 8.78 Å². The molecule has 5 rings (SSSR count). The van der Waals surface area contributed by atoms with E-state index in [0.29, 0.717) is 35.5 Å². The Balaban J connectivity index is 1.48. The van der Waals surface area contributed by atoms with Crippen LogP contribution < -0.4 is 10.2 Å². The first kappa shape index (κ1) is 31.4. The van der Waals surface area contributed by atoms with Crippen molar-refractivity contribution in [1.82, 2.24) is 9.88 Å². The number of nitrogens with zero attached hydrogens (tertiary/aromatic N) is 2. The summed E-state index contributed by atoms with van der Waals surface area (Å²) in [6.45, 7) is 13.3. The fourth-order valence-electron chi connectivity index (χ4n) is 5.59. The summed E-state index contributed by atoms with van der Waals surface area (Å²) in [6.07, 6.45) is 2.41. The molecule has 43 heavy (non-hydrogen) atoms. The van der Waals surface area contributed by atoms with Gasteiger partial charge >= 0.3 is 19.7 Å². The average Bonchev–Trinajstić information content (AvgIpc) is 3.39. The number of carbonyl (C=O) groups excluding carboxylic acids is 1. The molecule has 2 saturated heterocycles. The molecular formula is C32H41BF2N2O6. The van der Waals surface area contributed by atoms with Gasteiger partial charge in [0.1, 0.15) is 22.9 Å². The SMILES string of the molecule is Cc1c(B2OC(C)(C)C(C)(C)O2)cccc1-c1nc2cc(CN3CCCCC3C(=O)OC(C)(C)C)c(OC(F)F)cc2o1. The number of hydrogen-bond acceptors (Lipinski definition) is 8. The van der Waals surface area contributed by atoms with Crippen molar-refractivity contribution in [2.24, 2.45) is 0 Å². The molecule has 0 bridgehead atoms. The van der Waals surface area contributed by atoms with Crippen LogP contribution in [0.3, 0.4) is 0 Å². The van der Waals surface area contributed by atoms with Crippen molar-refractivity contribution in [2.75, 3.05) is 6.54 Å². The van der Waals surface area contributed by atoms with Crippen LogP contribution in [-0.2, 0) is 25.4 Å². The van der Waals surface area contributed by atoms with Gasteiger partial charge in [0.05, 0.1) is 11.2 Å². The van der Waals surface area contributed by atoms with Gasteiger partial charge in [-0.05, 0) is 97.9 Å². The summed E-state index contributed by atoms with van der Waals surface area (Å²) in [7, 11) is -0.561. The Hall–Kier alpha value is -3.02. The minimum absolute atomic E-state index is 0.0126. The van der Waals surface area contributed by atoms with Crippen molar-refractivity contribution in [3.63, 3.8) is 0 Å².